The summed E-state index contributed by atoms with van der Waals surface area (Å²) >= 11 is 0. The molecule has 2 aromatic rings. The Hall–Kier alpha value is -3.68. The lowest BCUT2D eigenvalue weighted by molar-refractivity contribution is -0.268. The Kier molecular flexibility index (Phi) is 3.49. The van der Waals surface area contributed by atoms with E-state index in [4.69, 9.17) is 5.11 Å². The van der Waals surface area contributed by atoms with Gasteiger partial charge in [-0.2, -0.15) is 5.01 Å². The molecule has 0 bridgehead atoms. The molecule has 0 aliphatic carbocycles. The van der Waals surface area contributed by atoms with Gasteiger partial charge < -0.3 is 10.2 Å². The normalized spacial score (nSPS) is 12.9. The van der Waals surface area contributed by atoms with E-state index >= 15 is 0 Å². The van der Waals surface area contributed by atoms with Crippen molar-refractivity contribution in [2.45, 2.75) is 0 Å². The molecule has 0 radical (unpaired) electrons. The molecule has 120 valence electrons. The van der Waals surface area contributed by atoms with Crippen LogP contribution in [0.25, 0.3) is 0 Å². The lowest BCUT2D eigenvalue weighted by Gasteiger charge is -2.15. The average Bonchev–Trinajstić information content (AvgIpc) is 2.80. The van der Waals surface area contributed by atoms with Gasteiger partial charge >= 0.3 is 5.97 Å². The van der Waals surface area contributed by atoms with Crippen molar-refractivity contribution in [2.24, 2.45) is 0 Å². The van der Waals surface area contributed by atoms with E-state index in [1.807, 2.05) is 0 Å². The summed E-state index contributed by atoms with van der Waals surface area (Å²) in [4.78, 5) is 47.5. The standard InChI is InChI=1S/C16H10N2O6/c19-10-4-1-8(2-5-10)13(20)17-18-14(21)11-6-3-9(16(23)24)7-12(11)15(18)22/h1-7,19H,(H,17,20)(H,23,24)/p-1. The fraction of sp³-hybridized carbons (Fsp3) is 0. The van der Waals surface area contributed by atoms with Crippen LogP contribution in [0.3, 0.4) is 0 Å². The highest BCUT2D eigenvalue weighted by Crippen LogP contribution is 2.23. The van der Waals surface area contributed by atoms with Crippen molar-refractivity contribution in [3.8, 4) is 5.75 Å². The number of carbonyl (C=O) groups excluding carboxylic acids is 3. The molecule has 8 heteroatoms. The van der Waals surface area contributed by atoms with Gasteiger partial charge in [-0.15, -0.1) is 5.75 Å². The summed E-state index contributed by atoms with van der Waals surface area (Å²) in [5.74, 6) is -3.86. The number of imide groups is 1. The van der Waals surface area contributed by atoms with Crippen LogP contribution in [0, 0.1) is 0 Å². The van der Waals surface area contributed by atoms with Crippen molar-refractivity contribution in [2.75, 3.05) is 0 Å². The van der Waals surface area contributed by atoms with Crippen LogP contribution in [0.5, 0.6) is 5.75 Å². The lowest BCUT2D eigenvalue weighted by Crippen LogP contribution is -2.45. The molecule has 24 heavy (non-hydrogen) atoms. The van der Waals surface area contributed by atoms with Gasteiger partial charge in [0.05, 0.1) is 16.7 Å². The molecule has 0 fully saturated rings. The van der Waals surface area contributed by atoms with E-state index in [2.05, 4.69) is 5.43 Å². The number of carboxylic acid groups (broad SMARTS) is 1. The van der Waals surface area contributed by atoms with Crippen LogP contribution in [0.1, 0.15) is 41.4 Å². The maximum absolute atomic E-state index is 12.3. The van der Waals surface area contributed by atoms with Gasteiger partial charge in [0.15, 0.2) is 0 Å². The second kappa shape index (κ2) is 5.51. The Morgan fingerprint density at radius 1 is 0.917 bits per heavy atom. The molecule has 2 N–H and O–H groups in total. The number of fused-ring (bicyclic) bond motifs is 1. The second-order valence-corrected chi connectivity index (χ2v) is 4.98. The third kappa shape index (κ3) is 2.45. The van der Waals surface area contributed by atoms with Crippen molar-refractivity contribution >= 4 is 23.7 Å². The summed E-state index contributed by atoms with van der Waals surface area (Å²) in [5, 5.41) is 20.5. The van der Waals surface area contributed by atoms with Gasteiger partial charge in [-0.25, -0.2) is 4.79 Å². The highest BCUT2D eigenvalue weighted by molar-refractivity contribution is 6.22. The van der Waals surface area contributed by atoms with Crippen LogP contribution in [-0.2, 0) is 0 Å². The second-order valence-electron chi connectivity index (χ2n) is 4.98. The Balaban J connectivity index is 1.86. The molecule has 0 unspecified atom stereocenters. The SMILES string of the molecule is O=C(O)c1ccc2c(c1)C(=O)N(NC(=O)c1ccc([O-])cc1)C2=O. The number of nitrogens with zero attached hydrogens (tertiary/aromatic N) is 1. The maximum Gasteiger partial charge on any atom is 0.335 e. The monoisotopic (exact) mass is 325 g/mol. The van der Waals surface area contributed by atoms with Crippen molar-refractivity contribution in [1.82, 2.24) is 10.4 Å². The topological polar surface area (TPSA) is 127 Å². The first-order valence-electron chi connectivity index (χ1n) is 6.72. The first kappa shape index (κ1) is 15.2. The van der Waals surface area contributed by atoms with Gasteiger partial charge in [0.25, 0.3) is 17.7 Å². The van der Waals surface area contributed by atoms with Crippen LogP contribution in [0.4, 0.5) is 0 Å². The minimum Gasteiger partial charge on any atom is -0.872 e. The van der Waals surface area contributed by atoms with Gasteiger partial charge in [0, 0.05) is 5.56 Å². The highest BCUT2D eigenvalue weighted by atomic mass is 16.4. The molecule has 0 atom stereocenters. The fourth-order valence-electron chi connectivity index (χ4n) is 2.25. The van der Waals surface area contributed by atoms with Crippen LogP contribution in [0.15, 0.2) is 42.5 Å². The van der Waals surface area contributed by atoms with Gasteiger partial charge in [-0.05, 0) is 18.2 Å². The van der Waals surface area contributed by atoms with E-state index < -0.39 is 23.7 Å². The Morgan fingerprint density at radius 3 is 2.12 bits per heavy atom. The zero-order valence-corrected chi connectivity index (χ0v) is 12.0. The van der Waals surface area contributed by atoms with Gasteiger partial charge in [0.1, 0.15) is 0 Å². The van der Waals surface area contributed by atoms with E-state index in [0.717, 1.165) is 6.07 Å². The number of benzene rings is 2. The van der Waals surface area contributed by atoms with E-state index in [1.54, 1.807) is 0 Å². The summed E-state index contributed by atoms with van der Waals surface area (Å²) < 4.78 is 0. The molecule has 2 aromatic carbocycles. The predicted molar refractivity (Wildman–Crippen MR) is 77.3 cm³/mol. The van der Waals surface area contributed by atoms with Crippen LogP contribution in [-0.4, -0.2) is 33.8 Å². The minimum absolute atomic E-state index is 0.000191. The largest absolute Gasteiger partial charge is 0.872 e. The number of hydrogen-bond acceptors (Lipinski definition) is 5. The predicted octanol–water partition coefficient (Wildman–Crippen LogP) is 0.399. The molecule has 0 saturated carbocycles. The molecule has 0 aromatic heterocycles. The quantitative estimate of drug-likeness (QED) is 0.786. The fourth-order valence-corrected chi connectivity index (χ4v) is 2.25. The molecule has 1 heterocycles. The average molecular weight is 325 g/mol. The van der Waals surface area contributed by atoms with E-state index in [0.29, 0.717) is 5.01 Å². The third-order valence-corrected chi connectivity index (χ3v) is 3.46. The van der Waals surface area contributed by atoms with E-state index in [1.165, 1.54) is 36.4 Å². The van der Waals surface area contributed by atoms with Crippen molar-refractivity contribution in [1.29, 1.82) is 0 Å². The van der Waals surface area contributed by atoms with E-state index in [-0.39, 0.29) is 28.0 Å². The van der Waals surface area contributed by atoms with Gasteiger partial charge in [-0.3, -0.25) is 19.8 Å². The minimum atomic E-state index is -1.24. The third-order valence-electron chi connectivity index (χ3n) is 3.46. The number of hydrogen-bond donors (Lipinski definition) is 2. The first-order chi connectivity index (χ1) is 11.4. The van der Waals surface area contributed by atoms with E-state index in [9.17, 15) is 24.3 Å². The molecule has 3 amide bonds. The smallest absolute Gasteiger partial charge is 0.335 e. The molecule has 3 rings (SSSR count). The van der Waals surface area contributed by atoms with Crippen LogP contribution in [0.2, 0.25) is 0 Å². The molecular formula is C16H9N2O6-. The van der Waals surface area contributed by atoms with Gasteiger partial charge in [0.2, 0.25) is 0 Å². The zero-order valence-electron chi connectivity index (χ0n) is 12.0. The van der Waals surface area contributed by atoms with Crippen molar-refractivity contribution in [3.05, 3.63) is 64.7 Å². The Labute approximate surface area is 134 Å². The maximum atomic E-state index is 12.3. The molecule has 0 saturated heterocycles. The molecule has 1 aliphatic heterocycles. The van der Waals surface area contributed by atoms with Crippen molar-refractivity contribution in [3.63, 3.8) is 0 Å². The van der Waals surface area contributed by atoms with Crippen molar-refractivity contribution < 1.29 is 29.4 Å². The lowest BCUT2D eigenvalue weighted by atomic mass is 10.1. The summed E-state index contributed by atoms with van der Waals surface area (Å²) in [5.41, 5.74) is 2.00. The number of carboxylic acids is 1. The van der Waals surface area contributed by atoms with Crippen LogP contribution >= 0.6 is 0 Å². The molecule has 0 spiro atoms. The number of rotatable bonds is 3. The zero-order chi connectivity index (χ0) is 17.4. The first-order valence-corrected chi connectivity index (χ1v) is 6.72. The number of amides is 3. The molecular weight excluding hydrogens is 316 g/mol. The Bertz CT molecular complexity index is 888. The number of aromatic carboxylic acids is 1. The summed E-state index contributed by atoms with van der Waals surface area (Å²) in [6.07, 6.45) is 0. The Morgan fingerprint density at radius 2 is 1.50 bits per heavy atom. The van der Waals surface area contributed by atoms with Gasteiger partial charge in [-0.1, -0.05) is 24.3 Å². The van der Waals surface area contributed by atoms with Crippen LogP contribution < -0.4 is 10.5 Å². The summed E-state index contributed by atoms with van der Waals surface area (Å²) in [6.45, 7) is 0. The summed E-state index contributed by atoms with van der Waals surface area (Å²) in [7, 11) is 0. The molecule has 8 nitrogen and oxygen atoms in total. The number of nitrogens with one attached hydrogen (secondary N) is 1. The molecule has 1 aliphatic rings. The number of carbonyl (C=O) groups is 4. The number of hydrazine groups is 1. The highest BCUT2D eigenvalue weighted by Gasteiger charge is 2.37. The summed E-state index contributed by atoms with van der Waals surface area (Å²) in [6, 6.07) is 8.38.